The highest BCUT2D eigenvalue weighted by Gasteiger charge is 2.31. The molecule has 2 aliphatic rings. The van der Waals surface area contributed by atoms with Crippen molar-refractivity contribution in [3.63, 3.8) is 0 Å². The number of para-hydroxylation sites is 1. The summed E-state index contributed by atoms with van der Waals surface area (Å²) >= 11 is 0. The van der Waals surface area contributed by atoms with E-state index in [-0.39, 0.29) is 5.75 Å². The number of benzene rings is 3. The van der Waals surface area contributed by atoms with Gasteiger partial charge in [0.15, 0.2) is 0 Å². The molecule has 2 aliphatic heterocycles. The van der Waals surface area contributed by atoms with Crippen LogP contribution in [0.3, 0.4) is 0 Å². The summed E-state index contributed by atoms with van der Waals surface area (Å²) in [6.45, 7) is 9.48. The number of allylic oxidation sites excluding steroid dienone is 1. The first-order valence-corrected chi connectivity index (χ1v) is 12.9. The van der Waals surface area contributed by atoms with Gasteiger partial charge in [0.05, 0.1) is 0 Å². The monoisotopic (exact) mass is 498 g/mol. The highest BCUT2D eigenvalue weighted by Crippen LogP contribution is 2.48. The number of carbonyl (C=O) groups excluding carboxylic acids is 1. The zero-order valence-electron chi connectivity index (χ0n) is 21.6. The minimum absolute atomic E-state index is 0.179. The number of nitrogens with one attached hydrogen (secondary N) is 1. The smallest absolute Gasteiger partial charge is 0.211 e. The minimum atomic E-state index is -0.397. The van der Waals surface area contributed by atoms with Crippen molar-refractivity contribution in [3.05, 3.63) is 83.4 Å². The topological polar surface area (TPSA) is 71.0 Å². The molecule has 3 aromatic carbocycles. The molecule has 6 nitrogen and oxygen atoms in total. The fourth-order valence-corrected chi connectivity index (χ4v) is 5.36. The number of rotatable bonds is 8. The average Bonchev–Trinajstić information content (AvgIpc) is 3.35. The average molecular weight is 499 g/mol. The van der Waals surface area contributed by atoms with Crippen LogP contribution >= 0.6 is 0 Å². The Bertz CT molecular complexity index is 1300. The van der Waals surface area contributed by atoms with Gasteiger partial charge < -0.3 is 19.9 Å². The van der Waals surface area contributed by atoms with E-state index >= 15 is 0 Å². The number of phenols is 1. The van der Waals surface area contributed by atoms with Gasteiger partial charge in [-0.2, -0.15) is 0 Å². The number of aromatic hydroxyl groups is 1. The summed E-state index contributed by atoms with van der Waals surface area (Å²) < 4.78 is 12.7. The largest absolute Gasteiger partial charge is 0.508 e. The molecule has 0 aromatic heterocycles. The normalized spacial score (nSPS) is 20.2. The Balaban J connectivity index is 1.44. The van der Waals surface area contributed by atoms with E-state index in [0.29, 0.717) is 30.5 Å². The van der Waals surface area contributed by atoms with E-state index in [1.165, 1.54) is 6.42 Å². The molecule has 3 aromatic rings. The molecule has 0 spiro atoms. The number of hydrogen-bond donors (Lipinski definition) is 2. The Morgan fingerprint density at radius 2 is 1.92 bits per heavy atom. The fraction of sp³-hybridized carbons (Fsp3) is 0.323. The second-order valence-electron chi connectivity index (χ2n) is 10.1. The standard InChI is InChI=1S/C31H34N2O4/c1-20-14-15-33(17-20)21(2)18-36-25-11-8-23(9-12-25)31-30(26-6-4-5-7-28(26)32-19-34)22(3)27-16-24(35)10-13-29(27)37-31/h4-13,16,19-21,31,35H,14-15,17-18H2,1-3H3,(H,32,34)/t20-,21+,31?/m1/s1. The van der Waals surface area contributed by atoms with E-state index in [2.05, 4.69) is 24.1 Å². The van der Waals surface area contributed by atoms with E-state index in [1.54, 1.807) is 18.2 Å². The number of amides is 1. The van der Waals surface area contributed by atoms with E-state index in [9.17, 15) is 9.90 Å². The predicted molar refractivity (Wildman–Crippen MR) is 147 cm³/mol. The summed E-state index contributed by atoms with van der Waals surface area (Å²) in [5.74, 6) is 2.47. The summed E-state index contributed by atoms with van der Waals surface area (Å²) in [6.07, 6.45) is 1.54. The summed E-state index contributed by atoms with van der Waals surface area (Å²) in [5.41, 5.74) is 5.30. The summed E-state index contributed by atoms with van der Waals surface area (Å²) in [7, 11) is 0. The van der Waals surface area contributed by atoms with Crippen LogP contribution in [0, 0.1) is 5.92 Å². The molecular formula is C31H34N2O4. The molecule has 1 fully saturated rings. The van der Waals surface area contributed by atoms with Crippen LogP contribution in [-0.2, 0) is 4.79 Å². The van der Waals surface area contributed by atoms with Crippen molar-refractivity contribution in [2.24, 2.45) is 5.92 Å². The van der Waals surface area contributed by atoms with Gasteiger partial charge in [0.1, 0.15) is 30.0 Å². The molecule has 37 heavy (non-hydrogen) atoms. The molecule has 3 atom stereocenters. The van der Waals surface area contributed by atoms with Crippen LogP contribution in [0.5, 0.6) is 17.2 Å². The van der Waals surface area contributed by atoms with Gasteiger partial charge >= 0.3 is 0 Å². The number of fused-ring (bicyclic) bond motifs is 1. The van der Waals surface area contributed by atoms with Crippen molar-refractivity contribution < 1.29 is 19.4 Å². The molecule has 0 aliphatic carbocycles. The fourth-order valence-electron chi connectivity index (χ4n) is 5.36. The van der Waals surface area contributed by atoms with Crippen LogP contribution in [0.2, 0.25) is 0 Å². The molecule has 1 saturated heterocycles. The Morgan fingerprint density at radius 1 is 1.14 bits per heavy atom. The lowest BCUT2D eigenvalue weighted by Gasteiger charge is -2.32. The molecule has 5 rings (SSSR count). The number of hydrogen-bond acceptors (Lipinski definition) is 5. The summed E-state index contributed by atoms with van der Waals surface area (Å²) in [4.78, 5) is 13.8. The second kappa shape index (κ2) is 10.7. The van der Waals surface area contributed by atoms with E-state index in [4.69, 9.17) is 9.47 Å². The minimum Gasteiger partial charge on any atom is -0.508 e. The summed E-state index contributed by atoms with van der Waals surface area (Å²) in [6, 6.07) is 21.3. The van der Waals surface area contributed by atoms with Gasteiger partial charge in [-0.05, 0) is 80.3 Å². The molecule has 2 heterocycles. The number of likely N-dealkylation sites (tertiary alicyclic amines) is 1. The number of ether oxygens (including phenoxy) is 2. The maximum Gasteiger partial charge on any atom is 0.211 e. The van der Waals surface area contributed by atoms with Gasteiger partial charge in [-0.15, -0.1) is 0 Å². The van der Waals surface area contributed by atoms with Crippen molar-refractivity contribution in [3.8, 4) is 17.2 Å². The van der Waals surface area contributed by atoms with Crippen LogP contribution < -0.4 is 14.8 Å². The van der Waals surface area contributed by atoms with E-state index in [0.717, 1.165) is 52.6 Å². The second-order valence-corrected chi connectivity index (χ2v) is 10.1. The molecule has 0 saturated carbocycles. The SMILES string of the molecule is CC1=C(c2ccccc2NC=O)C(c2ccc(OC[C@H](C)N3CC[C@@H](C)C3)cc2)Oc2ccc(O)cc21. The van der Waals surface area contributed by atoms with Crippen molar-refractivity contribution in [2.45, 2.75) is 39.3 Å². The third-order valence-corrected chi connectivity index (χ3v) is 7.46. The number of carbonyl (C=O) groups is 1. The van der Waals surface area contributed by atoms with Gasteiger partial charge in [-0.1, -0.05) is 37.3 Å². The zero-order valence-corrected chi connectivity index (χ0v) is 21.6. The van der Waals surface area contributed by atoms with Gasteiger partial charge in [-0.3, -0.25) is 9.69 Å². The molecular weight excluding hydrogens is 464 g/mol. The molecule has 192 valence electrons. The Morgan fingerprint density at radius 3 is 2.65 bits per heavy atom. The number of anilines is 1. The predicted octanol–water partition coefficient (Wildman–Crippen LogP) is 6.13. The molecule has 2 N–H and O–H groups in total. The van der Waals surface area contributed by atoms with Crippen molar-refractivity contribution >= 4 is 23.2 Å². The van der Waals surface area contributed by atoms with Crippen LogP contribution in [0.1, 0.15) is 50.0 Å². The van der Waals surface area contributed by atoms with Crippen LogP contribution in [0.4, 0.5) is 5.69 Å². The van der Waals surface area contributed by atoms with Gasteiger partial charge in [0, 0.05) is 35.0 Å². The van der Waals surface area contributed by atoms with Gasteiger partial charge in [0.25, 0.3) is 0 Å². The third-order valence-electron chi connectivity index (χ3n) is 7.46. The Hall–Kier alpha value is -3.77. The maximum atomic E-state index is 11.3. The molecule has 0 radical (unpaired) electrons. The van der Waals surface area contributed by atoms with E-state index in [1.807, 2.05) is 55.5 Å². The van der Waals surface area contributed by atoms with Gasteiger partial charge in [-0.25, -0.2) is 0 Å². The number of phenolic OH excluding ortho intramolecular Hbond substituents is 1. The first kappa shape index (κ1) is 24.9. The summed E-state index contributed by atoms with van der Waals surface area (Å²) in [5, 5.41) is 13.0. The first-order chi connectivity index (χ1) is 17.9. The third kappa shape index (κ3) is 5.20. The molecule has 0 bridgehead atoms. The lowest BCUT2D eigenvalue weighted by atomic mass is 9.85. The van der Waals surface area contributed by atoms with Crippen LogP contribution in [-0.4, -0.2) is 42.2 Å². The first-order valence-electron chi connectivity index (χ1n) is 12.9. The van der Waals surface area contributed by atoms with Gasteiger partial charge in [0.2, 0.25) is 6.41 Å². The highest BCUT2D eigenvalue weighted by molar-refractivity contribution is 5.99. The van der Waals surface area contributed by atoms with Crippen molar-refractivity contribution in [1.29, 1.82) is 0 Å². The molecule has 1 unspecified atom stereocenters. The Labute approximate surface area is 218 Å². The highest BCUT2D eigenvalue weighted by atomic mass is 16.5. The molecule has 6 heteroatoms. The number of nitrogens with zero attached hydrogens (tertiary/aromatic N) is 1. The van der Waals surface area contributed by atoms with E-state index < -0.39 is 6.10 Å². The maximum absolute atomic E-state index is 11.3. The quantitative estimate of drug-likeness (QED) is 0.366. The lowest BCUT2D eigenvalue weighted by molar-refractivity contribution is -0.105. The van der Waals surface area contributed by atoms with Crippen molar-refractivity contribution in [2.75, 3.05) is 25.0 Å². The van der Waals surface area contributed by atoms with Crippen LogP contribution in [0.25, 0.3) is 11.1 Å². The zero-order chi connectivity index (χ0) is 25.9. The van der Waals surface area contributed by atoms with Crippen molar-refractivity contribution in [1.82, 2.24) is 4.90 Å². The van der Waals surface area contributed by atoms with Crippen LogP contribution in [0.15, 0.2) is 66.7 Å². The lowest BCUT2D eigenvalue weighted by Crippen LogP contribution is -2.35. The Kier molecular flexibility index (Phi) is 7.19. The molecule has 1 amide bonds.